The highest BCUT2D eigenvalue weighted by atomic mass is 16.4. The number of likely N-dealkylation sites (N-methyl/N-ethyl adjacent to an activating group) is 1. The lowest BCUT2D eigenvalue weighted by atomic mass is 10.2. The molecular formula is C12H14N2O3. The second-order valence-corrected chi connectivity index (χ2v) is 4.10. The summed E-state index contributed by atoms with van der Waals surface area (Å²) in [6, 6.07) is 5.71. The predicted molar refractivity (Wildman–Crippen MR) is 62.7 cm³/mol. The minimum atomic E-state index is -0.830. The molecule has 90 valence electrons. The molecule has 17 heavy (non-hydrogen) atoms. The summed E-state index contributed by atoms with van der Waals surface area (Å²) < 4.78 is 5.43. The molecule has 0 saturated heterocycles. The van der Waals surface area contributed by atoms with E-state index in [2.05, 4.69) is 4.98 Å². The first-order chi connectivity index (χ1) is 8.04. The Morgan fingerprint density at radius 2 is 2.29 bits per heavy atom. The molecule has 2 aromatic rings. The van der Waals surface area contributed by atoms with Crippen LogP contribution in [0.1, 0.15) is 11.5 Å². The number of fused-ring (bicyclic) bond motifs is 1. The van der Waals surface area contributed by atoms with Gasteiger partial charge in [0.1, 0.15) is 5.52 Å². The van der Waals surface area contributed by atoms with E-state index in [1.807, 2.05) is 18.2 Å². The molecule has 0 fully saturated rings. The second-order valence-electron chi connectivity index (χ2n) is 4.10. The zero-order valence-corrected chi connectivity index (χ0v) is 9.80. The molecule has 0 unspecified atom stereocenters. The highest BCUT2D eigenvalue weighted by Gasteiger charge is 2.07. The highest BCUT2D eigenvalue weighted by Crippen LogP contribution is 2.17. The summed E-state index contributed by atoms with van der Waals surface area (Å²) in [5, 5.41) is 8.67. The van der Waals surface area contributed by atoms with Gasteiger partial charge in [-0.1, -0.05) is 6.07 Å². The van der Waals surface area contributed by atoms with Gasteiger partial charge >= 0.3 is 5.97 Å². The van der Waals surface area contributed by atoms with Crippen LogP contribution in [0.5, 0.6) is 0 Å². The maximum absolute atomic E-state index is 10.5. The SMILES string of the molecule is Cc1nc2ccc(CN(C)CC(=O)O)cc2o1. The molecule has 0 amide bonds. The number of carbonyl (C=O) groups is 1. The number of oxazole rings is 1. The fourth-order valence-electron chi connectivity index (χ4n) is 1.78. The summed E-state index contributed by atoms with van der Waals surface area (Å²) in [5.41, 5.74) is 2.58. The Labute approximate surface area is 98.7 Å². The van der Waals surface area contributed by atoms with Gasteiger partial charge in [0.25, 0.3) is 0 Å². The van der Waals surface area contributed by atoms with Crippen LogP contribution >= 0.6 is 0 Å². The average Bonchev–Trinajstić information content (AvgIpc) is 2.55. The molecule has 0 saturated carbocycles. The molecule has 1 aromatic heterocycles. The number of nitrogens with zero attached hydrogens (tertiary/aromatic N) is 2. The number of aryl methyl sites for hydroxylation is 1. The van der Waals surface area contributed by atoms with E-state index in [-0.39, 0.29) is 6.54 Å². The van der Waals surface area contributed by atoms with Gasteiger partial charge in [0.05, 0.1) is 6.54 Å². The molecule has 0 spiro atoms. The third-order valence-electron chi connectivity index (χ3n) is 2.42. The fraction of sp³-hybridized carbons (Fsp3) is 0.333. The van der Waals surface area contributed by atoms with Gasteiger partial charge in [-0.15, -0.1) is 0 Å². The molecule has 5 heteroatoms. The van der Waals surface area contributed by atoms with Crippen LogP contribution in [-0.2, 0) is 11.3 Å². The summed E-state index contributed by atoms with van der Waals surface area (Å²) in [6.07, 6.45) is 0. The van der Waals surface area contributed by atoms with Crippen molar-refractivity contribution in [2.45, 2.75) is 13.5 Å². The number of carboxylic acid groups (broad SMARTS) is 1. The smallest absolute Gasteiger partial charge is 0.317 e. The molecule has 5 nitrogen and oxygen atoms in total. The van der Waals surface area contributed by atoms with Crippen LogP contribution in [0.15, 0.2) is 22.6 Å². The van der Waals surface area contributed by atoms with Crippen molar-refractivity contribution >= 4 is 17.1 Å². The van der Waals surface area contributed by atoms with E-state index < -0.39 is 5.97 Å². The van der Waals surface area contributed by atoms with Gasteiger partial charge in [-0.2, -0.15) is 0 Å². The van der Waals surface area contributed by atoms with Crippen LogP contribution < -0.4 is 0 Å². The van der Waals surface area contributed by atoms with E-state index in [0.717, 1.165) is 16.7 Å². The lowest BCUT2D eigenvalue weighted by Crippen LogP contribution is -2.25. The number of rotatable bonds is 4. The van der Waals surface area contributed by atoms with Crippen LogP contribution in [0.4, 0.5) is 0 Å². The molecule has 0 radical (unpaired) electrons. The van der Waals surface area contributed by atoms with Crippen LogP contribution in [0.2, 0.25) is 0 Å². The molecule has 2 rings (SSSR count). The summed E-state index contributed by atoms with van der Waals surface area (Å²) in [5.74, 6) is -0.194. The van der Waals surface area contributed by atoms with Gasteiger partial charge in [0.2, 0.25) is 0 Å². The highest BCUT2D eigenvalue weighted by molar-refractivity contribution is 5.73. The number of benzene rings is 1. The van der Waals surface area contributed by atoms with Crippen molar-refractivity contribution in [3.8, 4) is 0 Å². The monoisotopic (exact) mass is 234 g/mol. The van der Waals surface area contributed by atoms with E-state index in [0.29, 0.717) is 12.4 Å². The zero-order chi connectivity index (χ0) is 12.4. The van der Waals surface area contributed by atoms with Crippen LogP contribution in [0, 0.1) is 6.92 Å². The molecular weight excluding hydrogens is 220 g/mol. The van der Waals surface area contributed by atoms with Crippen molar-refractivity contribution in [2.24, 2.45) is 0 Å². The molecule has 0 bridgehead atoms. The van der Waals surface area contributed by atoms with Gasteiger partial charge < -0.3 is 9.52 Å². The normalized spacial score (nSPS) is 11.2. The molecule has 1 N–H and O–H groups in total. The number of carboxylic acids is 1. The van der Waals surface area contributed by atoms with Crippen LogP contribution in [-0.4, -0.2) is 34.6 Å². The Morgan fingerprint density at radius 3 is 3.00 bits per heavy atom. The average molecular weight is 234 g/mol. The van der Waals surface area contributed by atoms with Crippen LogP contribution in [0.25, 0.3) is 11.1 Å². The molecule has 1 aromatic carbocycles. The maximum atomic E-state index is 10.5. The van der Waals surface area contributed by atoms with E-state index in [4.69, 9.17) is 9.52 Å². The standard InChI is InChI=1S/C12H14N2O3/c1-8-13-10-4-3-9(5-11(10)17-8)6-14(2)7-12(15)16/h3-5H,6-7H2,1-2H3,(H,15,16). The van der Waals surface area contributed by atoms with Gasteiger partial charge in [-0.3, -0.25) is 9.69 Å². The topological polar surface area (TPSA) is 66.6 Å². The summed E-state index contributed by atoms with van der Waals surface area (Å²) in [6.45, 7) is 2.39. The maximum Gasteiger partial charge on any atom is 0.317 e. The Kier molecular flexibility index (Phi) is 3.10. The van der Waals surface area contributed by atoms with Crippen molar-refractivity contribution in [3.63, 3.8) is 0 Å². The van der Waals surface area contributed by atoms with Crippen molar-refractivity contribution in [3.05, 3.63) is 29.7 Å². The van der Waals surface area contributed by atoms with E-state index >= 15 is 0 Å². The van der Waals surface area contributed by atoms with E-state index in [1.54, 1.807) is 18.9 Å². The summed E-state index contributed by atoms with van der Waals surface area (Å²) >= 11 is 0. The molecule has 0 aliphatic rings. The Bertz CT molecular complexity index is 548. The number of hydrogen-bond donors (Lipinski definition) is 1. The number of hydrogen-bond acceptors (Lipinski definition) is 4. The lowest BCUT2D eigenvalue weighted by Gasteiger charge is -2.13. The largest absolute Gasteiger partial charge is 0.480 e. The second kappa shape index (κ2) is 4.55. The first kappa shape index (κ1) is 11.6. The van der Waals surface area contributed by atoms with Gasteiger partial charge in [-0.05, 0) is 24.7 Å². The first-order valence-corrected chi connectivity index (χ1v) is 5.31. The summed E-state index contributed by atoms with van der Waals surface area (Å²) in [7, 11) is 1.77. The zero-order valence-electron chi connectivity index (χ0n) is 9.80. The number of aromatic nitrogens is 1. The third kappa shape index (κ3) is 2.82. The fourth-order valence-corrected chi connectivity index (χ4v) is 1.78. The predicted octanol–water partition coefficient (Wildman–Crippen LogP) is 1.65. The Balaban J connectivity index is 2.16. The molecule has 1 heterocycles. The van der Waals surface area contributed by atoms with Gasteiger partial charge in [0, 0.05) is 13.5 Å². The minimum Gasteiger partial charge on any atom is -0.480 e. The van der Waals surface area contributed by atoms with E-state index in [9.17, 15) is 4.79 Å². The van der Waals surface area contributed by atoms with Crippen molar-refractivity contribution < 1.29 is 14.3 Å². The third-order valence-corrected chi connectivity index (χ3v) is 2.42. The Hall–Kier alpha value is -1.88. The molecule has 0 atom stereocenters. The first-order valence-electron chi connectivity index (χ1n) is 5.31. The van der Waals surface area contributed by atoms with Crippen molar-refractivity contribution in [1.82, 2.24) is 9.88 Å². The van der Waals surface area contributed by atoms with Gasteiger partial charge in [-0.25, -0.2) is 4.98 Å². The quantitative estimate of drug-likeness (QED) is 0.871. The van der Waals surface area contributed by atoms with Crippen LogP contribution in [0.3, 0.4) is 0 Å². The molecule has 0 aliphatic carbocycles. The van der Waals surface area contributed by atoms with Crippen molar-refractivity contribution in [2.75, 3.05) is 13.6 Å². The van der Waals surface area contributed by atoms with Crippen molar-refractivity contribution in [1.29, 1.82) is 0 Å². The molecule has 0 aliphatic heterocycles. The lowest BCUT2D eigenvalue weighted by molar-refractivity contribution is -0.138. The Morgan fingerprint density at radius 1 is 1.53 bits per heavy atom. The minimum absolute atomic E-state index is 0.0213. The van der Waals surface area contributed by atoms with E-state index in [1.165, 1.54) is 0 Å². The van der Waals surface area contributed by atoms with Gasteiger partial charge in [0.15, 0.2) is 11.5 Å². The number of aliphatic carboxylic acids is 1. The summed E-state index contributed by atoms with van der Waals surface area (Å²) in [4.78, 5) is 16.5.